The van der Waals surface area contributed by atoms with Gasteiger partial charge in [0.1, 0.15) is 41.8 Å². The highest BCUT2D eigenvalue weighted by Gasteiger charge is 2.31. The topological polar surface area (TPSA) is 218 Å². The van der Waals surface area contributed by atoms with Crippen molar-refractivity contribution in [1.29, 1.82) is 5.41 Å². The van der Waals surface area contributed by atoms with Crippen molar-refractivity contribution >= 4 is 57.3 Å². The van der Waals surface area contributed by atoms with Gasteiger partial charge in [-0.25, -0.2) is 9.59 Å². The third kappa shape index (κ3) is 19.1. The van der Waals surface area contributed by atoms with Crippen molar-refractivity contribution < 1.29 is 42.9 Å². The Morgan fingerprint density at radius 2 is 1.17 bits per heavy atom. The SMILES string of the molecule is CNC(=N)NCCC[C@@H](NC(=O)[C@@H](CCCCNC(=O)OC(C)(C)C)NC(=O)COc1ccc2ccccc2c1-c1c(OCCC(C)C)ccc2ccccc12)C(=O)N[C@@H](CC(C)C)C(=O)OCc1ccc(C)cc1. The number of amides is 4. The summed E-state index contributed by atoms with van der Waals surface area (Å²) in [6.07, 6.45) is 2.01. The molecule has 4 amide bonds. The first-order chi connectivity index (χ1) is 35.8. The van der Waals surface area contributed by atoms with Crippen LogP contribution in [0, 0.1) is 24.2 Å². The Labute approximate surface area is 442 Å². The molecule has 0 radical (unpaired) electrons. The lowest BCUT2D eigenvalue weighted by molar-refractivity contribution is -0.150. The molecule has 0 aromatic heterocycles. The lowest BCUT2D eigenvalue weighted by Crippen LogP contribution is -2.56. The second-order valence-electron chi connectivity index (χ2n) is 20.7. The molecular weight excluding hydrogens is 951 g/mol. The maximum absolute atomic E-state index is 14.5. The number of esters is 1. The third-order valence-electron chi connectivity index (χ3n) is 12.2. The van der Waals surface area contributed by atoms with Crippen LogP contribution in [0.15, 0.2) is 97.1 Å². The van der Waals surface area contributed by atoms with Gasteiger partial charge in [-0.05, 0) is 124 Å². The Morgan fingerprint density at radius 3 is 1.76 bits per heavy atom. The molecule has 0 saturated heterocycles. The molecule has 0 aliphatic rings. The zero-order valence-corrected chi connectivity index (χ0v) is 45.3. The van der Waals surface area contributed by atoms with Crippen LogP contribution >= 0.6 is 0 Å². The summed E-state index contributed by atoms with van der Waals surface area (Å²) < 4.78 is 24.0. The molecule has 0 heterocycles. The number of aryl methyl sites for hydroxylation is 1. The van der Waals surface area contributed by atoms with E-state index in [-0.39, 0.29) is 44.3 Å². The Bertz CT molecular complexity index is 2700. The first-order valence-corrected chi connectivity index (χ1v) is 26.2. The fourth-order valence-corrected chi connectivity index (χ4v) is 8.34. The molecule has 0 unspecified atom stereocenters. The average Bonchev–Trinajstić information content (AvgIpc) is 3.36. The number of unbranched alkanes of at least 4 members (excludes halogenated alkanes) is 1. The van der Waals surface area contributed by atoms with E-state index in [1.165, 1.54) is 0 Å². The van der Waals surface area contributed by atoms with Crippen molar-refractivity contribution in [3.8, 4) is 22.6 Å². The van der Waals surface area contributed by atoms with Gasteiger partial charge in [0.25, 0.3) is 5.91 Å². The summed E-state index contributed by atoms with van der Waals surface area (Å²) in [4.78, 5) is 69.0. The van der Waals surface area contributed by atoms with E-state index >= 15 is 0 Å². The fourth-order valence-electron chi connectivity index (χ4n) is 8.34. The Hall–Kier alpha value is -7.36. The van der Waals surface area contributed by atoms with E-state index in [9.17, 15) is 24.0 Å². The number of carbonyl (C=O) groups excluding carboxylic acids is 5. The number of benzene rings is 5. The number of alkyl carbamates (subject to hydrolysis) is 1. The minimum absolute atomic E-state index is 0.00136. The molecule has 5 rings (SSSR count). The summed E-state index contributed by atoms with van der Waals surface area (Å²) >= 11 is 0. The highest BCUT2D eigenvalue weighted by molar-refractivity contribution is 6.10. The molecule has 0 aliphatic heterocycles. The summed E-state index contributed by atoms with van der Waals surface area (Å²) in [6.45, 7) is 16.1. The molecule has 404 valence electrons. The quantitative estimate of drug-likeness (QED) is 0.0114. The van der Waals surface area contributed by atoms with Crippen LogP contribution in [-0.4, -0.2) is 92.8 Å². The second-order valence-corrected chi connectivity index (χ2v) is 20.7. The van der Waals surface area contributed by atoms with E-state index in [0.29, 0.717) is 49.8 Å². The van der Waals surface area contributed by atoms with Crippen LogP contribution in [0.1, 0.15) is 105 Å². The van der Waals surface area contributed by atoms with E-state index in [0.717, 1.165) is 50.2 Å². The van der Waals surface area contributed by atoms with Gasteiger partial charge in [-0.1, -0.05) is 118 Å². The molecule has 7 N–H and O–H groups in total. The van der Waals surface area contributed by atoms with Crippen LogP contribution in [0.4, 0.5) is 4.79 Å². The third-order valence-corrected chi connectivity index (χ3v) is 12.2. The molecule has 3 atom stereocenters. The van der Waals surface area contributed by atoms with Gasteiger partial charge in [-0.15, -0.1) is 0 Å². The maximum Gasteiger partial charge on any atom is 0.407 e. The smallest absolute Gasteiger partial charge is 0.407 e. The molecule has 0 aliphatic carbocycles. The summed E-state index contributed by atoms with van der Waals surface area (Å²) in [7, 11) is 1.61. The van der Waals surface area contributed by atoms with Crippen LogP contribution in [-0.2, 0) is 35.3 Å². The van der Waals surface area contributed by atoms with Gasteiger partial charge in [0, 0.05) is 31.3 Å². The Balaban J connectivity index is 1.40. The van der Waals surface area contributed by atoms with Crippen molar-refractivity contribution in [1.82, 2.24) is 31.9 Å². The average molecular weight is 1030 g/mol. The number of guanidine groups is 1. The number of hydrogen-bond donors (Lipinski definition) is 7. The van der Waals surface area contributed by atoms with E-state index in [4.69, 9.17) is 24.4 Å². The molecule has 16 nitrogen and oxygen atoms in total. The summed E-state index contributed by atoms with van der Waals surface area (Å²) in [5, 5.41) is 28.8. The van der Waals surface area contributed by atoms with E-state index in [1.54, 1.807) is 27.8 Å². The van der Waals surface area contributed by atoms with Crippen molar-refractivity contribution in [3.05, 3.63) is 108 Å². The molecule has 5 aromatic carbocycles. The standard InChI is InChI=1S/C59H79N7O9/c1-38(2)31-34-72-49-29-27-42-17-10-12-19-44(42)52(49)53-45-20-13-11-18-43(45)28-30-50(53)73-37-51(67)64-46(21-14-15-32-63-58(71)75-59(6,7)8)54(68)65-47(22-16-33-62-57(60)61-9)55(69)66-48(35-39(3)4)56(70)74-36-41-25-23-40(5)24-26-41/h10-13,17-20,23-30,38-39,46-48H,14-16,21-22,31-37H2,1-9H3,(H,63,71)(H,64,67)(H,65,68)(H,66,69)(H3,60,61,62)/t46-,47-,48+/m1/s1. The number of fused-ring (bicyclic) bond motifs is 2. The van der Waals surface area contributed by atoms with E-state index in [2.05, 4.69) is 45.7 Å². The monoisotopic (exact) mass is 1030 g/mol. The molecule has 0 spiro atoms. The van der Waals surface area contributed by atoms with Crippen LogP contribution in [0.2, 0.25) is 0 Å². The summed E-state index contributed by atoms with van der Waals surface area (Å²) in [5.41, 5.74) is 2.77. The first kappa shape index (κ1) is 58.5. The second kappa shape index (κ2) is 28.9. The minimum atomic E-state index is -1.15. The lowest BCUT2D eigenvalue weighted by Gasteiger charge is -2.26. The van der Waals surface area contributed by atoms with Crippen molar-refractivity contribution in [3.63, 3.8) is 0 Å². The van der Waals surface area contributed by atoms with Crippen molar-refractivity contribution in [2.24, 2.45) is 11.8 Å². The molecular formula is C59H79N7O9. The van der Waals surface area contributed by atoms with Crippen LogP contribution in [0.5, 0.6) is 11.5 Å². The fraction of sp³-hybridized carbons (Fsp3) is 0.458. The molecule has 75 heavy (non-hydrogen) atoms. The van der Waals surface area contributed by atoms with Crippen molar-refractivity contribution in [2.45, 2.75) is 131 Å². The molecule has 0 fully saturated rings. The minimum Gasteiger partial charge on any atom is -0.493 e. The van der Waals surface area contributed by atoms with Gasteiger partial charge in [-0.2, -0.15) is 0 Å². The normalized spacial score (nSPS) is 12.6. The Kier molecular flexibility index (Phi) is 22.6. The van der Waals surface area contributed by atoms with Crippen LogP contribution < -0.4 is 41.4 Å². The van der Waals surface area contributed by atoms with Gasteiger partial charge in [0.2, 0.25) is 11.8 Å². The van der Waals surface area contributed by atoms with Crippen molar-refractivity contribution in [2.75, 3.05) is 33.4 Å². The Morgan fingerprint density at radius 1 is 0.613 bits per heavy atom. The maximum atomic E-state index is 14.5. The van der Waals surface area contributed by atoms with E-state index < -0.39 is 60.1 Å². The van der Waals surface area contributed by atoms with Gasteiger partial charge < -0.3 is 50.8 Å². The van der Waals surface area contributed by atoms with Gasteiger partial charge in [0.05, 0.1) is 6.61 Å². The highest BCUT2D eigenvalue weighted by atomic mass is 16.6. The van der Waals surface area contributed by atoms with Gasteiger partial charge in [0.15, 0.2) is 12.6 Å². The predicted molar refractivity (Wildman–Crippen MR) is 296 cm³/mol. The number of ether oxygens (including phenoxy) is 4. The molecule has 0 saturated carbocycles. The molecule has 5 aromatic rings. The number of nitrogens with one attached hydrogen (secondary N) is 7. The number of carbonyl (C=O) groups is 5. The van der Waals surface area contributed by atoms with E-state index in [1.807, 2.05) is 118 Å². The zero-order valence-electron chi connectivity index (χ0n) is 45.3. The first-order valence-electron chi connectivity index (χ1n) is 26.2. The largest absolute Gasteiger partial charge is 0.493 e. The number of rotatable bonds is 27. The van der Waals surface area contributed by atoms with Crippen LogP contribution in [0.25, 0.3) is 32.7 Å². The summed E-state index contributed by atoms with van der Waals surface area (Å²) in [5.74, 6) is -0.795. The zero-order chi connectivity index (χ0) is 54.5. The molecule has 0 bridgehead atoms. The molecule has 16 heteroatoms. The number of hydrogen-bond acceptors (Lipinski definition) is 10. The summed E-state index contributed by atoms with van der Waals surface area (Å²) in [6, 6.07) is 28.1. The van der Waals surface area contributed by atoms with Crippen LogP contribution in [0.3, 0.4) is 0 Å². The van der Waals surface area contributed by atoms with Gasteiger partial charge >= 0.3 is 12.1 Å². The highest BCUT2D eigenvalue weighted by Crippen LogP contribution is 2.45. The lowest BCUT2D eigenvalue weighted by atomic mass is 9.92. The predicted octanol–water partition coefficient (Wildman–Crippen LogP) is 9.23. The van der Waals surface area contributed by atoms with Gasteiger partial charge in [-0.3, -0.25) is 19.8 Å².